The number of benzene rings is 2. The zero-order valence-corrected chi connectivity index (χ0v) is 17.9. The van der Waals surface area contributed by atoms with Crippen LogP contribution in [0.2, 0.25) is 0 Å². The molecule has 0 radical (unpaired) electrons. The van der Waals surface area contributed by atoms with Gasteiger partial charge in [0.05, 0.1) is 6.04 Å². The van der Waals surface area contributed by atoms with E-state index in [0.717, 1.165) is 12.0 Å². The van der Waals surface area contributed by atoms with Crippen LogP contribution in [0.25, 0.3) is 0 Å². The number of halogens is 1. The smallest absolute Gasteiger partial charge is 0.303 e. The van der Waals surface area contributed by atoms with Gasteiger partial charge in [0.1, 0.15) is 23.8 Å². The van der Waals surface area contributed by atoms with Gasteiger partial charge in [-0.05, 0) is 56.9 Å². The molecule has 2 aromatic carbocycles. The molecule has 1 saturated carbocycles. The Hall–Kier alpha value is -3.13. The van der Waals surface area contributed by atoms with E-state index in [2.05, 4.69) is 5.32 Å². The van der Waals surface area contributed by atoms with Crippen molar-refractivity contribution < 1.29 is 33.7 Å². The summed E-state index contributed by atoms with van der Waals surface area (Å²) in [6.45, 7) is 1.95. The Labute approximate surface area is 186 Å². The van der Waals surface area contributed by atoms with Gasteiger partial charge < -0.3 is 25.0 Å². The van der Waals surface area contributed by atoms with Crippen LogP contribution < -0.4 is 14.8 Å². The van der Waals surface area contributed by atoms with Crippen molar-refractivity contribution in [2.45, 2.75) is 63.7 Å². The number of aliphatic hydroxyl groups is 1. The summed E-state index contributed by atoms with van der Waals surface area (Å²) in [5.74, 6) is -0.713. The van der Waals surface area contributed by atoms with Gasteiger partial charge >= 0.3 is 5.97 Å². The van der Waals surface area contributed by atoms with E-state index in [0.29, 0.717) is 24.3 Å². The summed E-state index contributed by atoms with van der Waals surface area (Å²) in [6.07, 6.45) is 0.517. The highest BCUT2D eigenvalue weighted by atomic mass is 19.1. The van der Waals surface area contributed by atoms with Gasteiger partial charge in [-0.25, -0.2) is 4.39 Å². The minimum absolute atomic E-state index is 0.0769. The number of carboxylic acids is 1. The van der Waals surface area contributed by atoms with Crippen molar-refractivity contribution in [2.75, 3.05) is 0 Å². The van der Waals surface area contributed by atoms with Gasteiger partial charge in [0.25, 0.3) is 0 Å². The molecule has 0 bridgehead atoms. The van der Waals surface area contributed by atoms with Crippen molar-refractivity contribution >= 4 is 11.9 Å². The molecule has 32 heavy (non-hydrogen) atoms. The molecular weight excluding hydrogens is 417 g/mol. The van der Waals surface area contributed by atoms with E-state index in [1.54, 1.807) is 12.1 Å². The summed E-state index contributed by atoms with van der Waals surface area (Å²) in [5, 5.41) is 22.2. The minimum atomic E-state index is -0.968. The van der Waals surface area contributed by atoms with Crippen molar-refractivity contribution in [2.24, 2.45) is 0 Å². The second-order valence-corrected chi connectivity index (χ2v) is 8.01. The highest BCUT2D eigenvalue weighted by Gasteiger charge is 2.34. The molecule has 0 aliphatic heterocycles. The monoisotopic (exact) mass is 445 g/mol. The fourth-order valence-corrected chi connectivity index (χ4v) is 3.66. The second-order valence-electron chi connectivity index (χ2n) is 8.01. The van der Waals surface area contributed by atoms with Gasteiger partial charge in [0.15, 0.2) is 11.5 Å². The van der Waals surface area contributed by atoms with Crippen LogP contribution in [-0.4, -0.2) is 40.3 Å². The van der Waals surface area contributed by atoms with Crippen molar-refractivity contribution in [1.82, 2.24) is 5.32 Å². The Morgan fingerprint density at radius 2 is 1.84 bits per heavy atom. The first kappa shape index (κ1) is 23.5. The van der Waals surface area contributed by atoms with Crippen LogP contribution in [0.3, 0.4) is 0 Å². The Balaban J connectivity index is 1.65. The third-order valence-corrected chi connectivity index (χ3v) is 5.37. The number of rotatable bonds is 9. The average Bonchev–Trinajstić information content (AvgIpc) is 2.74. The SMILES string of the molecule is Cc1ccc(Oc2cc(F)ccc2O[C@@H]2CCC[C@@H](NC(=O)CCCC(=O)O)[C@H]2O)cc1. The number of ether oxygens (including phenoxy) is 2. The lowest BCUT2D eigenvalue weighted by Gasteiger charge is -2.35. The van der Waals surface area contributed by atoms with E-state index in [4.69, 9.17) is 14.6 Å². The van der Waals surface area contributed by atoms with Crippen LogP contribution in [-0.2, 0) is 9.59 Å². The maximum Gasteiger partial charge on any atom is 0.303 e. The van der Waals surface area contributed by atoms with E-state index >= 15 is 0 Å². The first-order valence-electron chi connectivity index (χ1n) is 10.7. The molecule has 1 aliphatic rings. The maximum atomic E-state index is 13.9. The molecular formula is C24H28FNO6. The predicted octanol–water partition coefficient (Wildman–Crippen LogP) is 3.96. The molecule has 1 fully saturated rings. The fourth-order valence-electron chi connectivity index (χ4n) is 3.66. The number of amides is 1. The van der Waals surface area contributed by atoms with Crippen LogP contribution in [0.1, 0.15) is 44.1 Å². The minimum Gasteiger partial charge on any atom is -0.484 e. The molecule has 2 aromatic rings. The van der Waals surface area contributed by atoms with E-state index in [-0.39, 0.29) is 30.9 Å². The predicted molar refractivity (Wildman–Crippen MR) is 115 cm³/mol. The summed E-state index contributed by atoms with van der Waals surface area (Å²) < 4.78 is 25.7. The van der Waals surface area contributed by atoms with Crippen LogP contribution >= 0.6 is 0 Å². The number of hydrogen-bond acceptors (Lipinski definition) is 5. The van der Waals surface area contributed by atoms with Gasteiger partial charge in [0.2, 0.25) is 5.91 Å². The number of carboxylic acid groups (broad SMARTS) is 1. The standard InChI is InChI=1S/C24H28FNO6/c1-15-8-11-17(12-9-15)31-21-14-16(25)10-13-19(21)32-20-5-2-4-18(24(20)30)26-22(27)6-3-7-23(28)29/h8-14,18,20,24,30H,2-7H2,1H3,(H,26,27)(H,28,29)/t18-,20-,24-/m1/s1. The van der Waals surface area contributed by atoms with Crippen LogP contribution in [0, 0.1) is 12.7 Å². The number of aryl methyl sites for hydroxylation is 1. The van der Waals surface area contributed by atoms with E-state index in [1.807, 2.05) is 19.1 Å². The van der Waals surface area contributed by atoms with Crippen LogP contribution in [0.5, 0.6) is 17.2 Å². The maximum absolute atomic E-state index is 13.9. The fraction of sp³-hybridized carbons (Fsp3) is 0.417. The third-order valence-electron chi connectivity index (χ3n) is 5.37. The molecule has 0 unspecified atom stereocenters. The molecule has 172 valence electrons. The van der Waals surface area contributed by atoms with Gasteiger partial charge in [0, 0.05) is 18.9 Å². The van der Waals surface area contributed by atoms with E-state index in [1.165, 1.54) is 18.2 Å². The lowest BCUT2D eigenvalue weighted by Crippen LogP contribution is -2.52. The first-order valence-corrected chi connectivity index (χ1v) is 10.7. The number of nitrogens with one attached hydrogen (secondary N) is 1. The molecule has 0 spiro atoms. The largest absolute Gasteiger partial charge is 0.484 e. The summed E-state index contributed by atoms with van der Waals surface area (Å²) in [7, 11) is 0. The Kier molecular flexibility index (Phi) is 8.05. The molecule has 0 aromatic heterocycles. The number of carbonyl (C=O) groups excluding carboxylic acids is 1. The Morgan fingerprint density at radius 3 is 2.56 bits per heavy atom. The molecule has 7 nitrogen and oxygen atoms in total. The second kappa shape index (κ2) is 10.9. The average molecular weight is 445 g/mol. The molecule has 8 heteroatoms. The normalized spacial score (nSPS) is 20.4. The van der Waals surface area contributed by atoms with Crippen molar-refractivity contribution in [1.29, 1.82) is 0 Å². The summed E-state index contributed by atoms with van der Waals surface area (Å²) in [5.41, 5.74) is 1.06. The van der Waals surface area contributed by atoms with Gasteiger partial charge in [-0.15, -0.1) is 0 Å². The number of aliphatic hydroxyl groups excluding tert-OH is 1. The van der Waals surface area contributed by atoms with Crippen molar-refractivity contribution in [3.63, 3.8) is 0 Å². The number of aliphatic carboxylic acids is 1. The molecule has 0 saturated heterocycles. The summed E-state index contributed by atoms with van der Waals surface area (Å²) in [4.78, 5) is 22.7. The molecule has 0 heterocycles. The lowest BCUT2D eigenvalue weighted by atomic mass is 9.89. The molecule has 3 N–H and O–H groups in total. The molecule has 1 amide bonds. The number of hydrogen-bond donors (Lipinski definition) is 3. The topological polar surface area (TPSA) is 105 Å². The van der Waals surface area contributed by atoms with Crippen LogP contribution in [0.4, 0.5) is 4.39 Å². The molecule has 3 rings (SSSR count). The molecule has 1 aliphatic carbocycles. The summed E-state index contributed by atoms with van der Waals surface area (Å²) >= 11 is 0. The van der Waals surface area contributed by atoms with Gasteiger partial charge in [-0.1, -0.05) is 17.7 Å². The first-order chi connectivity index (χ1) is 15.3. The zero-order valence-electron chi connectivity index (χ0n) is 17.9. The van der Waals surface area contributed by atoms with Crippen LogP contribution in [0.15, 0.2) is 42.5 Å². The lowest BCUT2D eigenvalue weighted by molar-refractivity contribution is -0.137. The Bertz CT molecular complexity index is 933. The summed E-state index contributed by atoms with van der Waals surface area (Å²) in [6, 6.07) is 10.7. The highest BCUT2D eigenvalue weighted by molar-refractivity contribution is 5.77. The van der Waals surface area contributed by atoms with Gasteiger partial charge in [-0.2, -0.15) is 0 Å². The molecule has 3 atom stereocenters. The van der Waals surface area contributed by atoms with Crippen molar-refractivity contribution in [3.05, 3.63) is 53.8 Å². The highest BCUT2D eigenvalue weighted by Crippen LogP contribution is 2.35. The quantitative estimate of drug-likeness (QED) is 0.540. The number of carbonyl (C=O) groups is 2. The van der Waals surface area contributed by atoms with E-state index < -0.39 is 30.0 Å². The third kappa shape index (κ3) is 6.68. The van der Waals surface area contributed by atoms with E-state index in [9.17, 15) is 19.1 Å². The Morgan fingerprint density at radius 1 is 1.09 bits per heavy atom. The zero-order chi connectivity index (χ0) is 23.1. The van der Waals surface area contributed by atoms with Gasteiger partial charge in [-0.3, -0.25) is 9.59 Å². The van der Waals surface area contributed by atoms with Crippen molar-refractivity contribution in [3.8, 4) is 17.2 Å².